The fourth-order valence-corrected chi connectivity index (χ4v) is 3.33. The largest absolute Gasteiger partial charge is 0.369 e. The maximum absolute atomic E-state index is 12.2. The average molecular weight is 414 g/mol. The fourth-order valence-electron chi connectivity index (χ4n) is 2.74. The van der Waals surface area contributed by atoms with Gasteiger partial charge < -0.3 is 16.4 Å². The van der Waals surface area contributed by atoms with E-state index in [9.17, 15) is 14.4 Å². The number of benzene rings is 2. The van der Waals surface area contributed by atoms with E-state index in [1.807, 2.05) is 54.6 Å². The molecule has 0 fully saturated rings. The Bertz CT molecular complexity index is 812. The van der Waals surface area contributed by atoms with Gasteiger partial charge in [0.1, 0.15) is 0 Å². The van der Waals surface area contributed by atoms with Crippen LogP contribution in [0.3, 0.4) is 0 Å². The summed E-state index contributed by atoms with van der Waals surface area (Å²) in [4.78, 5) is 34.3. The van der Waals surface area contributed by atoms with Crippen molar-refractivity contribution in [1.82, 2.24) is 5.32 Å². The van der Waals surface area contributed by atoms with Crippen molar-refractivity contribution in [3.05, 3.63) is 54.6 Å². The lowest BCUT2D eigenvalue weighted by atomic mass is 10.1. The molecule has 0 radical (unpaired) electrons. The number of thioether (sulfide) groups is 1. The Morgan fingerprint density at radius 1 is 0.828 bits per heavy atom. The van der Waals surface area contributed by atoms with Gasteiger partial charge in [-0.15, -0.1) is 11.8 Å². The van der Waals surface area contributed by atoms with Crippen LogP contribution in [-0.4, -0.2) is 35.8 Å². The zero-order valence-electron chi connectivity index (χ0n) is 16.4. The Morgan fingerprint density at radius 3 is 2.34 bits per heavy atom. The molecular weight excluding hydrogens is 386 g/mol. The average Bonchev–Trinajstić information content (AvgIpc) is 2.71. The fraction of sp³-hybridized carbons (Fsp3) is 0.318. The minimum absolute atomic E-state index is 0.0119. The van der Waals surface area contributed by atoms with Gasteiger partial charge in [-0.1, -0.05) is 48.9 Å². The lowest BCUT2D eigenvalue weighted by Crippen LogP contribution is -2.27. The molecule has 3 amide bonds. The summed E-state index contributed by atoms with van der Waals surface area (Å²) in [5.74, 6) is -0.160. The van der Waals surface area contributed by atoms with Gasteiger partial charge in [0.05, 0.1) is 11.5 Å². The molecule has 4 N–H and O–H groups in total. The standard InChI is InChI=1S/C22H27N3O3S/c23-20(26)15-29-16-22(28)24-13-6-2-5-12-21(27)25-19-11-7-10-18(14-19)17-8-3-1-4-9-17/h1,3-4,7-11,14H,2,5-6,12-13,15-16H2,(H2,23,26)(H,24,28)(H,25,27). The first-order valence-corrected chi connectivity index (χ1v) is 10.8. The third-order valence-electron chi connectivity index (χ3n) is 4.13. The van der Waals surface area contributed by atoms with Crippen molar-refractivity contribution in [2.75, 3.05) is 23.4 Å². The molecule has 6 nitrogen and oxygen atoms in total. The Morgan fingerprint density at radius 2 is 1.59 bits per heavy atom. The van der Waals surface area contributed by atoms with Gasteiger partial charge in [-0.2, -0.15) is 0 Å². The second kappa shape index (κ2) is 12.6. The molecule has 2 aromatic rings. The molecule has 154 valence electrons. The van der Waals surface area contributed by atoms with Gasteiger partial charge >= 0.3 is 0 Å². The smallest absolute Gasteiger partial charge is 0.230 e. The van der Waals surface area contributed by atoms with Gasteiger partial charge in [0.25, 0.3) is 0 Å². The van der Waals surface area contributed by atoms with Crippen LogP contribution in [-0.2, 0) is 14.4 Å². The molecule has 0 unspecified atom stereocenters. The van der Waals surface area contributed by atoms with E-state index < -0.39 is 5.91 Å². The first-order chi connectivity index (χ1) is 14.0. The number of anilines is 1. The quantitative estimate of drug-likeness (QED) is 0.465. The Hall–Kier alpha value is -2.80. The molecule has 2 aromatic carbocycles. The van der Waals surface area contributed by atoms with Gasteiger partial charge in [0.15, 0.2) is 0 Å². The van der Waals surface area contributed by atoms with E-state index in [1.165, 1.54) is 11.8 Å². The number of carbonyl (C=O) groups is 3. The number of carbonyl (C=O) groups excluding carboxylic acids is 3. The maximum atomic E-state index is 12.2. The Kier molecular flexibility index (Phi) is 9.78. The second-order valence-electron chi connectivity index (χ2n) is 6.61. The molecule has 29 heavy (non-hydrogen) atoms. The molecule has 0 heterocycles. The minimum atomic E-state index is -0.423. The highest BCUT2D eigenvalue weighted by atomic mass is 32.2. The zero-order chi connectivity index (χ0) is 20.9. The van der Waals surface area contributed by atoms with Crippen LogP contribution < -0.4 is 16.4 Å². The first-order valence-electron chi connectivity index (χ1n) is 9.62. The summed E-state index contributed by atoms with van der Waals surface area (Å²) in [6.07, 6.45) is 2.86. The van der Waals surface area contributed by atoms with Crippen molar-refractivity contribution in [3.8, 4) is 11.1 Å². The summed E-state index contributed by atoms with van der Waals surface area (Å²) in [7, 11) is 0. The Labute approximate surface area is 175 Å². The van der Waals surface area contributed by atoms with Gasteiger partial charge in [-0.3, -0.25) is 14.4 Å². The summed E-state index contributed by atoms with van der Waals surface area (Å²) in [6.45, 7) is 0.566. The highest BCUT2D eigenvalue weighted by Gasteiger charge is 2.05. The van der Waals surface area contributed by atoms with Crippen molar-refractivity contribution in [2.45, 2.75) is 25.7 Å². The third-order valence-corrected chi connectivity index (χ3v) is 5.09. The number of unbranched alkanes of at least 4 members (excludes halogenated alkanes) is 2. The summed E-state index contributed by atoms with van der Waals surface area (Å²) >= 11 is 1.20. The van der Waals surface area contributed by atoms with E-state index in [4.69, 9.17) is 5.73 Å². The molecule has 0 aliphatic heterocycles. The van der Waals surface area contributed by atoms with E-state index in [0.717, 1.165) is 36.1 Å². The SMILES string of the molecule is NC(=O)CSCC(=O)NCCCCCC(=O)Nc1cccc(-c2ccccc2)c1. The van der Waals surface area contributed by atoms with Gasteiger partial charge in [-0.25, -0.2) is 0 Å². The van der Waals surface area contributed by atoms with E-state index >= 15 is 0 Å². The zero-order valence-corrected chi connectivity index (χ0v) is 17.2. The van der Waals surface area contributed by atoms with Crippen LogP contribution in [0.2, 0.25) is 0 Å². The number of rotatable bonds is 12. The molecule has 0 saturated carbocycles. The van der Waals surface area contributed by atoms with Crippen LogP contribution >= 0.6 is 11.8 Å². The number of hydrogen-bond donors (Lipinski definition) is 3. The van der Waals surface area contributed by atoms with Crippen molar-refractivity contribution in [3.63, 3.8) is 0 Å². The van der Waals surface area contributed by atoms with Gasteiger partial charge in [0, 0.05) is 18.7 Å². The highest BCUT2D eigenvalue weighted by molar-refractivity contribution is 8.00. The normalized spacial score (nSPS) is 10.3. The van der Waals surface area contributed by atoms with E-state index in [1.54, 1.807) is 0 Å². The number of nitrogens with two attached hydrogens (primary N) is 1. The predicted octanol–water partition coefficient (Wildman–Crippen LogP) is 3.19. The van der Waals surface area contributed by atoms with Crippen molar-refractivity contribution in [1.29, 1.82) is 0 Å². The molecular formula is C22H27N3O3S. The van der Waals surface area contributed by atoms with Crippen molar-refractivity contribution in [2.24, 2.45) is 5.73 Å². The molecule has 0 aromatic heterocycles. The predicted molar refractivity (Wildman–Crippen MR) is 119 cm³/mol. The number of primary amides is 1. The van der Waals surface area contributed by atoms with Crippen molar-refractivity contribution < 1.29 is 14.4 Å². The van der Waals surface area contributed by atoms with E-state index in [2.05, 4.69) is 10.6 Å². The monoisotopic (exact) mass is 413 g/mol. The lowest BCUT2D eigenvalue weighted by molar-refractivity contribution is -0.118. The van der Waals surface area contributed by atoms with E-state index in [-0.39, 0.29) is 23.3 Å². The van der Waals surface area contributed by atoms with E-state index in [0.29, 0.717) is 13.0 Å². The van der Waals surface area contributed by atoms with Crippen LogP contribution in [0.5, 0.6) is 0 Å². The van der Waals surface area contributed by atoms with Crippen molar-refractivity contribution >= 4 is 35.2 Å². The van der Waals surface area contributed by atoms with Crippen LogP contribution in [0.25, 0.3) is 11.1 Å². The summed E-state index contributed by atoms with van der Waals surface area (Å²) in [5, 5.41) is 5.74. The molecule has 0 aliphatic carbocycles. The topological polar surface area (TPSA) is 101 Å². The molecule has 0 bridgehead atoms. The lowest BCUT2D eigenvalue weighted by Gasteiger charge is -2.08. The number of hydrogen-bond acceptors (Lipinski definition) is 4. The highest BCUT2D eigenvalue weighted by Crippen LogP contribution is 2.22. The Balaban J connectivity index is 1.61. The summed E-state index contributed by atoms with van der Waals surface area (Å²) < 4.78 is 0. The van der Waals surface area contributed by atoms with Gasteiger partial charge in [-0.05, 0) is 36.1 Å². The summed E-state index contributed by atoms with van der Waals surface area (Å²) in [5.41, 5.74) is 7.98. The minimum Gasteiger partial charge on any atom is -0.369 e. The maximum Gasteiger partial charge on any atom is 0.230 e. The van der Waals surface area contributed by atoms with Crippen LogP contribution in [0, 0.1) is 0 Å². The molecule has 7 heteroatoms. The van der Waals surface area contributed by atoms with Crippen LogP contribution in [0.1, 0.15) is 25.7 Å². The van der Waals surface area contributed by atoms with Gasteiger partial charge in [0.2, 0.25) is 17.7 Å². The molecule has 0 aliphatic rings. The second-order valence-corrected chi connectivity index (χ2v) is 7.60. The third kappa shape index (κ3) is 9.30. The van der Waals surface area contributed by atoms with Crippen LogP contribution in [0.15, 0.2) is 54.6 Å². The number of amides is 3. The molecule has 0 atom stereocenters. The molecule has 2 rings (SSSR count). The molecule has 0 saturated heterocycles. The molecule has 0 spiro atoms. The number of nitrogens with one attached hydrogen (secondary N) is 2. The first kappa shape index (κ1) is 22.5. The summed E-state index contributed by atoms with van der Waals surface area (Å²) in [6, 6.07) is 17.8. The van der Waals surface area contributed by atoms with Crippen LogP contribution in [0.4, 0.5) is 5.69 Å².